The lowest BCUT2D eigenvalue weighted by Gasteiger charge is -2.05. The van der Waals surface area contributed by atoms with Gasteiger partial charge >= 0.3 is 0 Å². The highest BCUT2D eigenvalue weighted by Crippen LogP contribution is 2.48. The van der Waals surface area contributed by atoms with Crippen LogP contribution in [0.15, 0.2) is 41.1 Å². The lowest BCUT2D eigenvalue weighted by Crippen LogP contribution is -2.16. The molecule has 92 valence electrons. The molecule has 0 aliphatic heterocycles. The summed E-state index contributed by atoms with van der Waals surface area (Å²) in [4.78, 5) is 16.2. The lowest BCUT2D eigenvalue weighted by molar-refractivity contribution is -0.117. The molecule has 0 spiro atoms. The van der Waals surface area contributed by atoms with Gasteiger partial charge in [0.2, 0.25) is 5.91 Å². The minimum absolute atomic E-state index is 0.0116. The van der Waals surface area contributed by atoms with Crippen molar-refractivity contribution in [1.29, 1.82) is 0 Å². The molecule has 4 heteroatoms. The Labute approximate surface area is 105 Å². The second kappa shape index (κ2) is 4.29. The van der Waals surface area contributed by atoms with Crippen LogP contribution in [-0.4, -0.2) is 10.9 Å². The second-order valence-electron chi connectivity index (χ2n) is 4.62. The van der Waals surface area contributed by atoms with Gasteiger partial charge in [-0.3, -0.25) is 4.79 Å². The van der Waals surface area contributed by atoms with Gasteiger partial charge in [-0.25, -0.2) is 4.98 Å². The molecule has 0 saturated heterocycles. The molecule has 1 aliphatic rings. The fourth-order valence-electron chi connectivity index (χ4n) is 2.13. The fourth-order valence-corrected chi connectivity index (χ4v) is 2.13. The molecule has 2 atom stereocenters. The topological polar surface area (TPSA) is 55.1 Å². The molecule has 1 fully saturated rings. The minimum Gasteiger partial charge on any atom is -0.469 e. The molecule has 0 radical (unpaired) electrons. The van der Waals surface area contributed by atoms with Crippen molar-refractivity contribution < 1.29 is 9.21 Å². The molecule has 1 N–H and O–H groups in total. The van der Waals surface area contributed by atoms with Crippen molar-refractivity contribution in [3.63, 3.8) is 0 Å². The molecule has 1 aliphatic carbocycles. The van der Waals surface area contributed by atoms with E-state index < -0.39 is 0 Å². The molecule has 0 bridgehead atoms. The van der Waals surface area contributed by atoms with E-state index in [0.717, 1.165) is 17.7 Å². The highest BCUT2D eigenvalue weighted by Gasteiger charge is 2.45. The number of carbonyl (C=O) groups excluding carboxylic acids is 1. The van der Waals surface area contributed by atoms with E-state index >= 15 is 0 Å². The Morgan fingerprint density at radius 2 is 2.33 bits per heavy atom. The van der Waals surface area contributed by atoms with Crippen molar-refractivity contribution >= 4 is 11.7 Å². The Kier molecular flexibility index (Phi) is 2.63. The molecular weight excluding hydrogens is 228 g/mol. The molecule has 4 nitrogen and oxygen atoms in total. The Balaban J connectivity index is 1.66. The zero-order valence-electron chi connectivity index (χ0n) is 10.1. The van der Waals surface area contributed by atoms with Crippen LogP contribution in [-0.2, 0) is 4.79 Å². The summed E-state index contributed by atoms with van der Waals surface area (Å²) < 4.78 is 5.32. The van der Waals surface area contributed by atoms with Crippen LogP contribution in [0.3, 0.4) is 0 Å². The van der Waals surface area contributed by atoms with Gasteiger partial charge in [0.05, 0.1) is 6.26 Å². The maximum Gasteiger partial charge on any atom is 0.229 e. The SMILES string of the molecule is Cc1cccnc1NC(=O)C1CC1c1ccco1. The fraction of sp³-hybridized carbons (Fsp3) is 0.286. The number of nitrogens with one attached hydrogen (secondary N) is 1. The van der Waals surface area contributed by atoms with E-state index in [-0.39, 0.29) is 17.7 Å². The monoisotopic (exact) mass is 242 g/mol. The zero-order valence-corrected chi connectivity index (χ0v) is 10.1. The van der Waals surface area contributed by atoms with Crippen LogP contribution in [0.1, 0.15) is 23.7 Å². The largest absolute Gasteiger partial charge is 0.469 e. The Hall–Kier alpha value is -2.10. The first kappa shape index (κ1) is 11.0. The van der Waals surface area contributed by atoms with E-state index in [9.17, 15) is 4.79 Å². The van der Waals surface area contributed by atoms with Crippen LogP contribution in [0.2, 0.25) is 0 Å². The van der Waals surface area contributed by atoms with Crippen molar-refractivity contribution in [2.24, 2.45) is 5.92 Å². The van der Waals surface area contributed by atoms with Crippen molar-refractivity contribution in [3.05, 3.63) is 48.0 Å². The van der Waals surface area contributed by atoms with Gasteiger partial charge in [-0.15, -0.1) is 0 Å². The van der Waals surface area contributed by atoms with Gasteiger partial charge in [0.25, 0.3) is 0 Å². The first-order valence-corrected chi connectivity index (χ1v) is 6.01. The summed E-state index contributed by atoms with van der Waals surface area (Å²) in [6, 6.07) is 7.56. The molecule has 3 rings (SSSR count). The van der Waals surface area contributed by atoms with Gasteiger partial charge in [0, 0.05) is 18.0 Å². The third-order valence-corrected chi connectivity index (χ3v) is 3.29. The number of hydrogen-bond donors (Lipinski definition) is 1. The number of hydrogen-bond acceptors (Lipinski definition) is 3. The summed E-state index contributed by atoms with van der Waals surface area (Å²) in [6.07, 6.45) is 4.18. The number of amides is 1. The number of carbonyl (C=O) groups is 1. The molecule has 2 aromatic heterocycles. The summed E-state index contributed by atoms with van der Waals surface area (Å²) in [6.45, 7) is 1.93. The third-order valence-electron chi connectivity index (χ3n) is 3.29. The third kappa shape index (κ3) is 2.01. The number of aromatic nitrogens is 1. The van der Waals surface area contributed by atoms with Gasteiger partial charge in [-0.2, -0.15) is 0 Å². The zero-order chi connectivity index (χ0) is 12.5. The molecule has 2 unspecified atom stereocenters. The van der Waals surface area contributed by atoms with Crippen molar-refractivity contribution in [3.8, 4) is 0 Å². The summed E-state index contributed by atoms with van der Waals surface area (Å²) >= 11 is 0. The van der Waals surface area contributed by atoms with E-state index in [1.165, 1.54) is 0 Å². The molecular formula is C14H14N2O2. The maximum atomic E-state index is 12.0. The van der Waals surface area contributed by atoms with Crippen LogP contribution in [0, 0.1) is 12.8 Å². The van der Waals surface area contributed by atoms with Crippen LogP contribution >= 0.6 is 0 Å². The van der Waals surface area contributed by atoms with E-state index in [1.54, 1.807) is 12.5 Å². The molecule has 18 heavy (non-hydrogen) atoms. The predicted octanol–water partition coefficient (Wildman–Crippen LogP) is 2.73. The highest BCUT2D eigenvalue weighted by molar-refractivity contribution is 5.94. The number of aryl methyl sites for hydroxylation is 1. The number of pyridine rings is 1. The number of nitrogens with zero attached hydrogens (tertiary/aromatic N) is 1. The Morgan fingerprint density at radius 3 is 3.06 bits per heavy atom. The molecule has 1 amide bonds. The normalized spacial score (nSPS) is 21.6. The van der Waals surface area contributed by atoms with Crippen molar-refractivity contribution in [2.45, 2.75) is 19.3 Å². The number of anilines is 1. The number of furan rings is 1. The van der Waals surface area contributed by atoms with E-state index in [0.29, 0.717) is 5.82 Å². The molecule has 2 heterocycles. The van der Waals surface area contributed by atoms with Gasteiger partial charge in [0.15, 0.2) is 0 Å². The first-order valence-electron chi connectivity index (χ1n) is 6.01. The summed E-state index contributed by atoms with van der Waals surface area (Å²) in [7, 11) is 0. The first-order chi connectivity index (χ1) is 8.75. The second-order valence-corrected chi connectivity index (χ2v) is 4.62. The van der Waals surface area contributed by atoms with E-state index in [4.69, 9.17) is 4.42 Å². The molecule has 0 aromatic carbocycles. The summed E-state index contributed by atoms with van der Waals surface area (Å²) in [5.74, 6) is 1.81. The van der Waals surface area contributed by atoms with Crippen molar-refractivity contribution in [1.82, 2.24) is 4.98 Å². The van der Waals surface area contributed by atoms with Gasteiger partial charge in [-0.05, 0) is 37.1 Å². The van der Waals surface area contributed by atoms with Gasteiger partial charge in [-0.1, -0.05) is 6.07 Å². The smallest absolute Gasteiger partial charge is 0.229 e. The minimum atomic E-state index is 0.0116. The van der Waals surface area contributed by atoms with Crippen LogP contribution in [0.25, 0.3) is 0 Å². The van der Waals surface area contributed by atoms with Crippen LogP contribution < -0.4 is 5.32 Å². The maximum absolute atomic E-state index is 12.0. The Bertz CT molecular complexity index is 563. The summed E-state index contributed by atoms with van der Waals surface area (Å²) in [5.41, 5.74) is 0.973. The average Bonchev–Trinajstić information content (AvgIpc) is 2.99. The molecule has 1 saturated carbocycles. The number of rotatable bonds is 3. The Morgan fingerprint density at radius 1 is 1.44 bits per heavy atom. The van der Waals surface area contributed by atoms with E-state index in [2.05, 4.69) is 10.3 Å². The highest BCUT2D eigenvalue weighted by atomic mass is 16.3. The molecule has 2 aromatic rings. The van der Waals surface area contributed by atoms with E-state index in [1.807, 2.05) is 31.2 Å². The lowest BCUT2D eigenvalue weighted by atomic mass is 10.2. The average molecular weight is 242 g/mol. The quantitative estimate of drug-likeness (QED) is 0.900. The van der Waals surface area contributed by atoms with Gasteiger partial charge < -0.3 is 9.73 Å². The predicted molar refractivity (Wildman–Crippen MR) is 67.2 cm³/mol. The van der Waals surface area contributed by atoms with Crippen LogP contribution in [0.5, 0.6) is 0 Å². The van der Waals surface area contributed by atoms with Gasteiger partial charge in [0.1, 0.15) is 11.6 Å². The van der Waals surface area contributed by atoms with Crippen LogP contribution in [0.4, 0.5) is 5.82 Å². The summed E-state index contributed by atoms with van der Waals surface area (Å²) in [5, 5.41) is 2.87. The standard InChI is InChI=1S/C14H14N2O2/c1-9-4-2-6-15-13(9)16-14(17)11-8-10(11)12-5-3-7-18-12/h2-7,10-11H,8H2,1H3,(H,15,16,17). The van der Waals surface area contributed by atoms with Crippen molar-refractivity contribution in [2.75, 3.05) is 5.32 Å².